The molecule has 3 aromatic rings. The summed E-state index contributed by atoms with van der Waals surface area (Å²) in [6.45, 7) is 0. The van der Waals surface area contributed by atoms with Crippen LogP contribution in [0.15, 0.2) is 88.9 Å². The number of hydrogen-bond acceptors (Lipinski definition) is 4. The van der Waals surface area contributed by atoms with Crippen LogP contribution in [0, 0.1) is 0 Å². The maximum Gasteiger partial charge on any atom is 0.234 e. The van der Waals surface area contributed by atoms with Crippen molar-refractivity contribution in [3.63, 3.8) is 0 Å². The van der Waals surface area contributed by atoms with Crippen molar-refractivity contribution in [1.82, 2.24) is 4.98 Å². The molecule has 3 nitrogen and oxygen atoms in total. The monoisotopic (exact) mass is 366 g/mol. The molecular weight excluding hydrogens is 348 g/mol. The van der Waals surface area contributed by atoms with Crippen molar-refractivity contribution in [2.45, 2.75) is 15.5 Å². The van der Waals surface area contributed by atoms with E-state index < -0.39 is 0 Å². The minimum absolute atomic E-state index is 0.00427. The minimum atomic E-state index is 0.00427. The number of aromatic nitrogens is 1. The first kappa shape index (κ1) is 17.6. The van der Waals surface area contributed by atoms with E-state index in [4.69, 9.17) is 0 Å². The lowest BCUT2D eigenvalue weighted by molar-refractivity contribution is -0.113. The predicted molar refractivity (Wildman–Crippen MR) is 106 cm³/mol. The normalized spacial score (nSPS) is 10.4. The third kappa shape index (κ3) is 5.96. The predicted octanol–water partition coefficient (Wildman–Crippen LogP) is 5.10. The van der Waals surface area contributed by atoms with Crippen molar-refractivity contribution >= 4 is 35.1 Å². The highest BCUT2D eigenvalue weighted by atomic mass is 32.2. The summed E-state index contributed by atoms with van der Waals surface area (Å²) in [6.07, 6.45) is 3.66. The number of carbonyl (C=O) groups excluding carboxylic acids is 1. The van der Waals surface area contributed by atoms with Crippen molar-refractivity contribution in [2.75, 3.05) is 11.1 Å². The van der Waals surface area contributed by atoms with Gasteiger partial charge >= 0.3 is 0 Å². The highest BCUT2D eigenvalue weighted by molar-refractivity contribution is 8.00. The zero-order chi connectivity index (χ0) is 17.3. The Morgan fingerprint density at radius 2 is 1.64 bits per heavy atom. The van der Waals surface area contributed by atoms with E-state index in [0.717, 1.165) is 16.3 Å². The van der Waals surface area contributed by atoms with E-state index >= 15 is 0 Å². The molecule has 2 aromatic carbocycles. The summed E-state index contributed by atoms with van der Waals surface area (Å²) in [4.78, 5) is 18.4. The van der Waals surface area contributed by atoms with Crippen LogP contribution < -0.4 is 5.32 Å². The summed E-state index contributed by atoms with van der Waals surface area (Å²) < 4.78 is 0. The molecule has 0 radical (unpaired) electrons. The SMILES string of the molecule is O=C(CSc1ccccc1)Nc1ccc(SCc2cccnc2)cc1. The summed E-state index contributed by atoms with van der Waals surface area (Å²) in [5, 5.41) is 2.93. The molecule has 0 fully saturated rings. The molecule has 0 unspecified atom stereocenters. The number of benzene rings is 2. The maximum absolute atomic E-state index is 12.0. The lowest BCUT2D eigenvalue weighted by Crippen LogP contribution is -2.13. The highest BCUT2D eigenvalue weighted by Gasteiger charge is 2.04. The van der Waals surface area contributed by atoms with E-state index in [2.05, 4.69) is 16.4 Å². The molecule has 3 rings (SSSR count). The average Bonchev–Trinajstić information content (AvgIpc) is 2.67. The molecule has 1 heterocycles. The van der Waals surface area contributed by atoms with Crippen LogP contribution in [0.5, 0.6) is 0 Å². The van der Waals surface area contributed by atoms with Crippen molar-refractivity contribution in [3.8, 4) is 0 Å². The van der Waals surface area contributed by atoms with Gasteiger partial charge in [-0.05, 0) is 48.0 Å². The minimum Gasteiger partial charge on any atom is -0.325 e. The number of anilines is 1. The van der Waals surface area contributed by atoms with Crippen molar-refractivity contribution < 1.29 is 4.79 Å². The number of hydrogen-bond donors (Lipinski definition) is 1. The maximum atomic E-state index is 12.0. The highest BCUT2D eigenvalue weighted by Crippen LogP contribution is 2.24. The average molecular weight is 367 g/mol. The fourth-order valence-electron chi connectivity index (χ4n) is 2.15. The van der Waals surface area contributed by atoms with Gasteiger partial charge < -0.3 is 5.32 Å². The Morgan fingerprint density at radius 1 is 0.880 bits per heavy atom. The first-order valence-electron chi connectivity index (χ1n) is 7.89. The van der Waals surface area contributed by atoms with Crippen LogP contribution >= 0.6 is 23.5 Å². The van der Waals surface area contributed by atoms with E-state index in [1.165, 1.54) is 22.2 Å². The molecule has 1 N–H and O–H groups in total. The van der Waals surface area contributed by atoms with Gasteiger partial charge in [-0.25, -0.2) is 0 Å². The van der Waals surface area contributed by atoms with Gasteiger partial charge in [0.1, 0.15) is 0 Å². The van der Waals surface area contributed by atoms with Gasteiger partial charge in [0.05, 0.1) is 5.75 Å². The van der Waals surface area contributed by atoms with Gasteiger partial charge in [0.25, 0.3) is 0 Å². The Bertz CT molecular complexity index is 793. The third-order valence-electron chi connectivity index (χ3n) is 3.38. The second kappa shape index (κ2) is 9.30. The number of nitrogens with zero attached hydrogens (tertiary/aromatic N) is 1. The number of thioether (sulfide) groups is 2. The van der Waals surface area contributed by atoms with Crippen molar-refractivity contribution in [2.24, 2.45) is 0 Å². The molecule has 1 amide bonds. The van der Waals surface area contributed by atoms with Crippen LogP contribution in [0.25, 0.3) is 0 Å². The van der Waals surface area contributed by atoms with E-state index in [0.29, 0.717) is 5.75 Å². The summed E-state index contributed by atoms with van der Waals surface area (Å²) >= 11 is 3.29. The van der Waals surface area contributed by atoms with E-state index in [-0.39, 0.29) is 5.91 Å². The zero-order valence-electron chi connectivity index (χ0n) is 13.6. The van der Waals surface area contributed by atoms with Gasteiger partial charge in [-0.2, -0.15) is 0 Å². The van der Waals surface area contributed by atoms with Gasteiger partial charge in [0.2, 0.25) is 5.91 Å². The molecule has 0 aliphatic heterocycles. The molecule has 1 aromatic heterocycles. The van der Waals surface area contributed by atoms with Crippen LogP contribution in [-0.2, 0) is 10.5 Å². The summed E-state index contributed by atoms with van der Waals surface area (Å²) in [5.41, 5.74) is 2.02. The van der Waals surface area contributed by atoms with Gasteiger partial charge in [0.15, 0.2) is 0 Å². The van der Waals surface area contributed by atoms with Crippen molar-refractivity contribution in [3.05, 3.63) is 84.7 Å². The van der Waals surface area contributed by atoms with E-state index in [1.54, 1.807) is 18.0 Å². The summed E-state index contributed by atoms with van der Waals surface area (Å²) in [5.74, 6) is 1.29. The lowest BCUT2D eigenvalue weighted by Gasteiger charge is -2.07. The second-order valence-corrected chi connectivity index (χ2v) is 7.42. The Balaban J connectivity index is 1.46. The van der Waals surface area contributed by atoms with Gasteiger partial charge in [-0.3, -0.25) is 9.78 Å². The standard InChI is InChI=1S/C20H18N2OS2/c23-20(15-25-18-6-2-1-3-7-18)22-17-8-10-19(11-9-17)24-14-16-5-4-12-21-13-16/h1-13H,14-15H2,(H,22,23). The molecule has 126 valence electrons. The Morgan fingerprint density at radius 3 is 2.36 bits per heavy atom. The lowest BCUT2D eigenvalue weighted by atomic mass is 10.3. The smallest absolute Gasteiger partial charge is 0.234 e. The molecular formula is C20H18N2OS2. The Labute approximate surface area is 156 Å². The first-order valence-corrected chi connectivity index (χ1v) is 9.86. The van der Waals surface area contributed by atoms with Crippen LogP contribution in [-0.4, -0.2) is 16.6 Å². The molecule has 0 aliphatic carbocycles. The second-order valence-electron chi connectivity index (χ2n) is 5.32. The fraction of sp³-hybridized carbons (Fsp3) is 0.100. The third-order valence-corrected chi connectivity index (χ3v) is 5.47. The number of pyridine rings is 1. The molecule has 5 heteroatoms. The molecule has 0 saturated carbocycles. The molecule has 0 atom stereocenters. The van der Waals surface area contributed by atoms with Crippen LogP contribution in [0.3, 0.4) is 0 Å². The van der Waals surface area contributed by atoms with Crippen molar-refractivity contribution in [1.29, 1.82) is 0 Å². The molecule has 0 aliphatic rings. The largest absolute Gasteiger partial charge is 0.325 e. The fourth-order valence-corrected chi connectivity index (χ4v) is 3.70. The van der Waals surface area contributed by atoms with Gasteiger partial charge in [0, 0.05) is 33.6 Å². The number of carbonyl (C=O) groups is 1. The number of nitrogens with one attached hydrogen (secondary N) is 1. The molecule has 0 bridgehead atoms. The Kier molecular flexibility index (Phi) is 6.54. The van der Waals surface area contributed by atoms with E-state index in [1.807, 2.05) is 66.9 Å². The number of rotatable bonds is 7. The zero-order valence-corrected chi connectivity index (χ0v) is 15.2. The van der Waals surface area contributed by atoms with Crippen LogP contribution in [0.1, 0.15) is 5.56 Å². The van der Waals surface area contributed by atoms with E-state index in [9.17, 15) is 4.79 Å². The quantitative estimate of drug-likeness (QED) is 0.590. The van der Waals surface area contributed by atoms with Gasteiger partial charge in [-0.15, -0.1) is 23.5 Å². The van der Waals surface area contributed by atoms with Gasteiger partial charge in [-0.1, -0.05) is 24.3 Å². The summed E-state index contributed by atoms with van der Waals surface area (Å²) in [6, 6.07) is 21.9. The topological polar surface area (TPSA) is 42.0 Å². The molecule has 0 saturated heterocycles. The first-order chi connectivity index (χ1) is 12.3. The van der Waals surface area contributed by atoms with Crippen LogP contribution in [0.4, 0.5) is 5.69 Å². The molecule has 0 spiro atoms. The van der Waals surface area contributed by atoms with Crippen LogP contribution in [0.2, 0.25) is 0 Å². The Hall–Kier alpha value is -2.24. The summed E-state index contributed by atoms with van der Waals surface area (Å²) in [7, 11) is 0. The number of amides is 1. The molecule has 25 heavy (non-hydrogen) atoms.